The quantitative estimate of drug-likeness (QED) is 0.679. The van der Waals surface area contributed by atoms with Crippen LogP contribution in [-0.2, 0) is 16.0 Å². The van der Waals surface area contributed by atoms with Crippen molar-refractivity contribution in [3.8, 4) is 11.5 Å². The zero-order chi connectivity index (χ0) is 19.3. The Bertz CT molecular complexity index is 1120. The van der Waals surface area contributed by atoms with Crippen LogP contribution in [0.3, 0.4) is 0 Å². The Labute approximate surface area is 161 Å². The Balaban J connectivity index is 1.45. The molecule has 2 aliphatic rings. The van der Waals surface area contributed by atoms with Gasteiger partial charge in [-0.3, -0.25) is 10.1 Å². The summed E-state index contributed by atoms with van der Waals surface area (Å²) in [5.74, 6) is 0.981. The normalized spacial score (nSPS) is 20.7. The van der Waals surface area contributed by atoms with Crippen LogP contribution in [0.15, 0.2) is 54.6 Å². The summed E-state index contributed by atoms with van der Waals surface area (Å²) >= 11 is 0. The molecule has 0 aromatic heterocycles. The molecular weight excluding hydrogens is 356 g/mol. The van der Waals surface area contributed by atoms with Gasteiger partial charge in [-0.05, 0) is 48.2 Å². The van der Waals surface area contributed by atoms with Crippen LogP contribution in [0.1, 0.15) is 23.5 Å². The van der Waals surface area contributed by atoms with Crippen LogP contribution < -0.4 is 15.8 Å². The van der Waals surface area contributed by atoms with Crippen molar-refractivity contribution in [3.63, 3.8) is 0 Å². The highest BCUT2D eigenvalue weighted by molar-refractivity contribution is 6.00. The van der Waals surface area contributed by atoms with Crippen LogP contribution in [0.5, 0.6) is 11.5 Å². The Morgan fingerprint density at radius 2 is 1.86 bits per heavy atom. The Morgan fingerprint density at radius 3 is 2.64 bits per heavy atom. The molecule has 5 rings (SSSR count). The third-order valence-electron chi connectivity index (χ3n) is 5.47. The number of nitrogens with two attached hydrogens (primary N) is 1. The van der Waals surface area contributed by atoms with Crippen LogP contribution in [0.4, 0.5) is 10.5 Å². The van der Waals surface area contributed by atoms with E-state index in [4.69, 9.17) is 15.2 Å². The first-order valence-corrected chi connectivity index (χ1v) is 9.19. The summed E-state index contributed by atoms with van der Waals surface area (Å²) in [4.78, 5) is 23.3. The Hall–Kier alpha value is -3.54. The lowest BCUT2D eigenvalue weighted by molar-refractivity contribution is -0.124. The molecule has 1 aliphatic carbocycles. The summed E-state index contributed by atoms with van der Waals surface area (Å²) in [5.41, 5.74) is 8.92. The lowest BCUT2D eigenvalue weighted by atomic mass is 9.95. The average molecular weight is 374 g/mol. The molecule has 0 unspecified atom stereocenters. The van der Waals surface area contributed by atoms with Gasteiger partial charge in [0.05, 0.1) is 0 Å². The molecule has 0 saturated carbocycles. The highest BCUT2D eigenvalue weighted by Crippen LogP contribution is 2.41. The van der Waals surface area contributed by atoms with Crippen molar-refractivity contribution in [2.24, 2.45) is 0 Å². The number of amides is 2. The monoisotopic (exact) mass is 374 g/mol. The van der Waals surface area contributed by atoms with Crippen molar-refractivity contribution in [2.75, 3.05) is 5.73 Å². The second kappa shape index (κ2) is 6.27. The molecule has 2 amide bonds. The van der Waals surface area contributed by atoms with Gasteiger partial charge >= 0.3 is 6.09 Å². The third kappa shape index (κ3) is 2.65. The van der Waals surface area contributed by atoms with Gasteiger partial charge in [0, 0.05) is 22.4 Å². The number of carbonyl (C=O) groups excluding carboxylic acids is 2. The minimum atomic E-state index is -0.749. The summed E-state index contributed by atoms with van der Waals surface area (Å²) < 4.78 is 11.3. The van der Waals surface area contributed by atoms with Crippen molar-refractivity contribution in [3.05, 3.63) is 65.7 Å². The lowest BCUT2D eigenvalue weighted by Gasteiger charge is -2.16. The number of aryl methyl sites for hydroxylation is 1. The Morgan fingerprint density at radius 1 is 1.04 bits per heavy atom. The van der Waals surface area contributed by atoms with E-state index in [-0.39, 0.29) is 11.8 Å². The van der Waals surface area contributed by atoms with Crippen LogP contribution in [0.2, 0.25) is 0 Å². The number of hydrogen-bond acceptors (Lipinski definition) is 5. The number of imide groups is 1. The summed E-state index contributed by atoms with van der Waals surface area (Å²) in [6, 6.07) is 17.4. The molecule has 1 aliphatic heterocycles. The van der Waals surface area contributed by atoms with E-state index >= 15 is 0 Å². The number of nitrogens with one attached hydrogen (secondary N) is 1. The number of rotatable bonds is 3. The topological polar surface area (TPSA) is 90.7 Å². The fourth-order valence-electron chi connectivity index (χ4n) is 4.15. The highest BCUT2D eigenvalue weighted by Gasteiger charge is 2.42. The van der Waals surface area contributed by atoms with Gasteiger partial charge < -0.3 is 15.2 Å². The molecule has 3 aromatic carbocycles. The van der Waals surface area contributed by atoms with Gasteiger partial charge in [0.25, 0.3) is 5.91 Å². The molecular formula is C22H18N2O4. The van der Waals surface area contributed by atoms with E-state index < -0.39 is 12.2 Å². The summed E-state index contributed by atoms with van der Waals surface area (Å²) in [6.45, 7) is 0. The highest BCUT2D eigenvalue weighted by atomic mass is 16.6. The third-order valence-corrected chi connectivity index (χ3v) is 5.47. The van der Waals surface area contributed by atoms with E-state index in [9.17, 15) is 9.59 Å². The maximum Gasteiger partial charge on any atom is 0.414 e. The summed E-state index contributed by atoms with van der Waals surface area (Å²) in [7, 11) is 0. The van der Waals surface area contributed by atoms with Crippen LogP contribution in [0.25, 0.3) is 10.8 Å². The molecule has 6 heteroatoms. The predicted molar refractivity (Wildman–Crippen MR) is 104 cm³/mol. The molecule has 1 fully saturated rings. The molecule has 1 heterocycles. The standard InChI is InChI=1S/C22H18N2O4/c23-18-9-10-19(16-4-2-1-3-15(16)18)27-13-6-8-14-12(11-13)5-7-17(14)20-21(25)24-22(26)28-20/h1-4,6,8-11,17,20H,5,7,23H2,(H,24,25,26)/t17-,20-/m1/s1. The SMILES string of the molecule is Nc1ccc(Oc2ccc3c(c2)CC[C@H]3[C@H]2OC(=O)NC2=O)c2ccccc12. The molecule has 1 saturated heterocycles. The summed E-state index contributed by atoms with van der Waals surface area (Å²) in [6.07, 6.45) is 0.149. The van der Waals surface area contributed by atoms with Crippen LogP contribution in [0, 0.1) is 0 Å². The maximum absolute atomic E-state index is 11.9. The number of hydrogen-bond donors (Lipinski definition) is 2. The van der Waals surface area contributed by atoms with E-state index in [1.807, 2.05) is 54.6 Å². The molecule has 0 radical (unpaired) electrons. The van der Waals surface area contributed by atoms with Crippen LogP contribution in [-0.4, -0.2) is 18.1 Å². The fourth-order valence-corrected chi connectivity index (χ4v) is 4.15. The maximum atomic E-state index is 11.9. The number of alkyl carbamates (subject to hydrolysis) is 1. The van der Waals surface area contributed by atoms with Crippen molar-refractivity contribution >= 4 is 28.5 Å². The number of ether oxygens (including phenoxy) is 2. The molecule has 28 heavy (non-hydrogen) atoms. The van der Waals surface area contributed by atoms with E-state index in [0.29, 0.717) is 5.69 Å². The number of benzene rings is 3. The van der Waals surface area contributed by atoms with E-state index in [0.717, 1.165) is 46.2 Å². The fraction of sp³-hybridized carbons (Fsp3) is 0.182. The van der Waals surface area contributed by atoms with Gasteiger partial charge in [-0.25, -0.2) is 4.79 Å². The van der Waals surface area contributed by atoms with Gasteiger partial charge in [-0.15, -0.1) is 0 Å². The molecule has 2 atom stereocenters. The minimum absolute atomic E-state index is 0.118. The minimum Gasteiger partial charge on any atom is -0.457 e. The average Bonchev–Trinajstić information content (AvgIpc) is 3.26. The van der Waals surface area contributed by atoms with Crippen molar-refractivity contribution in [1.29, 1.82) is 0 Å². The molecule has 6 nitrogen and oxygen atoms in total. The second-order valence-electron chi connectivity index (χ2n) is 7.12. The first-order chi connectivity index (χ1) is 13.6. The van der Waals surface area contributed by atoms with E-state index in [2.05, 4.69) is 5.32 Å². The van der Waals surface area contributed by atoms with Gasteiger partial charge in [0.1, 0.15) is 11.5 Å². The number of cyclic esters (lactones) is 1. The van der Waals surface area contributed by atoms with Crippen molar-refractivity contribution < 1.29 is 19.1 Å². The van der Waals surface area contributed by atoms with Gasteiger partial charge in [0.15, 0.2) is 6.10 Å². The van der Waals surface area contributed by atoms with Crippen molar-refractivity contribution in [1.82, 2.24) is 5.32 Å². The van der Waals surface area contributed by atoms with Crippen LogP contribution >= 0.6 is 0 Å². The predicted octanol–water partition coefficient (Wildman–Crippen LogP) is 3.88. The number of nitrogen functional groups attached to an aromatic ring is 1. The van der Waals surface area contributed by atoms with Gasteiger partial charge in [-0.2, -0.15) is 0 Å². The van der Waals surface area contributed by atoms with E-state index in [1.54, 1.807) is 0 Å². The van der Waals surface area contributed by atoms with E-state index in [1.165, 1.54) is 0 Å². The lowest BCUT2D eigenvalue weighted by Crippen LogP contribution is -2.28. The second-order valence-corrected chi connectivity index (χ2v) is 7.12. The molecule has 140 valence electrons. The molecule has 0 spiro atoms. The summed E-state index contributed by atoms with van der Waals surface area (Å²) in [5, 5.41) is 4.11. The first-order valence-electron chi connectivity index (χ1n) is 9.19. The zero-order valence-corrected chi connectivity index (χ0v) is 15.0. The largest absolute Gasteiger partial charge is 0.457 e. The Kier molecular flexibility index (Phi) is 3.72. The van der Waals surface area contributed by atoms with Gasteiger partial charge in [-0.1, -0.05) is 30.3 Å². The molecule has 0 bridgehead atoms. The zero-order valence-electron chi connectivity index (χ0n) is 15.0. The molecule has 3 aromatic rings. The van der Waals surface area contributed by atoms with Crippen molar-refractivity contribution in [2.45, 2.75) is 24.9 Å². The molecule has 3 N–H and O–H groups in total. The first kappa shape index (κ1) is 16.6. The van der Waals surface area contributed by atoms with Gasteiger partial charge in [0.2, 0.25) is 0 Å². The number of anilines is 1. The number of carbonyl (C=O) groups is 2. The number of fused-ring (bicyclic) bond motifs is 2. The smallest absolute Gasteiger partial charge is 0.414 e.